The lowest BCUT2D eigenvalue weighted by atomic mass is 9.98. The number of rotatable bonds is 3. The molecule has 2 heterocycles. The average molecular weight is 345 g/mol. The van der Waals surface area contributed by atoms with Gasteiger partial charge in [0.1, 0.15) is 0 Å². The van der Waals surface area contributed by atoms with Gasteiger partial charge in [-0.2, -0.15) is 0 Å². The number of carbonyl (C=O) groups is 2. The minimum Gasteiger partial charge on any atom is -0.454 e. The Labute approximate surface area is 141 Å². The quantitative estimate of drug-likeness (QED) is 0.803. The first-order valence-corrected chi connectivity index (χ1v) is 7.73. The van der Waals surface area contributed by atoms with Crippen LogP contribution in [-0.4, -0.2) is 18.6 Å². The fourth-order valence-corrected chi connectivity index (χ4v) is 3.10. The van der Waals surface area contributed by atoms with Gasteiger partial charge in [0.15, 0.2) is 23.1 Å². The summed E-state index contributed by atoms with van der Waals surface area (Å²) in [5.41, 5.74) is 0.879. The molecule has 7 heteroatoms. The maximum atomic E-state index is 13.3. The van der Waals surface area contributed by atoms with Gasteiger partial charge in [-0.25, -0.2) is 8.78 Å². The van der Waals surface area contributed by atoms with E-state index >= 15 is 0 Å². The molecule has 1 fully saturated rings. The smallest absolute Gasteiger partial charge is 0.237 e. The second-order valence-corrected chi connectivity index (χ2v) is 5.96. The van der Waals surface area contributed by atoms with E-state index in [0.29, 0.717) is 22.7 Å². The number of hydrogen-bond donors (Lipinski definition) is 0. The normalized spacial score (nSPS) is 19.0. The molecule has 0 aromatic heterocycles. The van der Waals surface area contributed by atoms with Crippen LogP contribution in [0.25, 0.3) is 0 Å². The van der Waals surface area contributed by atoms with Crippen molar-refractivity contribution in [2.45, 2.75) is 12.8 Å². The first-order valence-electron chi connectivity index (χ1n) is 7.73. The Morgan fingerprint density at radius 1 is 1.00 bits per heavy atom. The number of imide groups is 1. The van der Waals surface area contributed by atoms with E-state index < -0.39 is 17.6 Å². The molecule has 1 atom stereocenters. The third kappa shape index (κ3) is 2.71. The number of nitrogens with zero attached hydrogens (tertiary/aromatic N) is 1. The molecular weight excluding hydrogens is 332 g/mol. The summed E-state index contributed by atoms with van der Waals surface area (Å²) in [6.45, 7) is 0.0967. The van der Waals surface area contributed by atoms with Crippen molar-refractivity contribution in [2.75, 3.05) is 11.7 Å². The average Bonchev–Trinajstić information content (AvgIpc) is 3.15. The molecule has 2 aliphatic heterocycles. The van der Waals surface area contributed by atoms with Gasteiger partial charge in [-0.15, -0.1) is 0 Å². The van der Waals surface area contributed by atoms with Crippen molar-refractivity contribution in [1.29, 1.82) is 0 Å². The molecule has 2 aromatic rings. The van der Waals surface area contributed by atoms with E-state index in [4.69, 9.17) is 9.47 Å². The highest BCUT2D eigenvalue weighted by molar-refractivity contribution is 6.21. The van der Waals surface area contributed by atoms with Gasteiger partial charge in [0.25, 0.3) is 0 Å². The predicted molar refractivity (Wildman–Crippen MR) is 83.2 cm³/mol. The van der Waals surface area contributed by atoms with Crippen LogP contribution in [0.3, 0.4) is 0 Å². The summed E-state index contributed by atoms with van der Waals surface area (Å²) >= 11 is 0. The lowest BCUT2D eigenvalue weighted by molar-refractivity contribution is -0.122. The van der Waals surface area contributed by atoms with Crippen molar-refractivity contribution in [3.8, 4) is 11.5 Å². The number of anilines is 1. The lowest BCUT2D eigenvalue weighted by Crippen LogP contribution is -2.30. The lowest BCUT2D eigenvalue weighted by Gasteiger charge is -2.15. The minimum atomic E-state index is -0.970. The Balaban J connectivity index is 1.56. The summed E-state index contributed by atoms with van der Waals surface area (Å²) < 4.78 is 36.8. The molecule has 0 bridgehead atoms. The number of ether oxygens (including phenoxy) is 2. The Morgan fingerprint density at radius 2 is 1.80 bits per heavy atom. The summed E-state index contributed by atoms with van der Waals surface area (Å²) in [5, 5.41) is 0. The standard InChI is InChI=1S/C18H13F2NO4/c19-13-3-1-10(6-14(13)20)5-11-7-17(22)21(18(11)23)12-2-4-15-16(8-12)25-9-24-15/h1-4,6,8,11H,5,7,9H2. The highest BCUT2D eigenvalue weighted by Crippen LogP contribution is 2.37. The molecule has 0 saturated carbocycles. The molecule has 5 nitrogen and oxygen atoms in total. The van der Waals surface area contributed by atoms with Crippen LogP contribution in [0, 0.1) is 17.6 Å². The van der Waals surface area contributed by atoms with Crippen molar-refractivity contribution in [1.82, 2.24) is 0 Å². The van der Waals surface area contributed by atoms with Gasteiger partial charge in [0.05, 0.1) is 11.6 Å². The van der Waals surface area contributed by atoms with E-state index in [-0.39, 0.29) is 31.4 Å². The van der Waals surface area contributed by atoms with Crippen molar-refractivity contribution in [3.05, 3.63) is 53.6 Å². The van der Waals surface area contributed by atoms with Crippen molar-refractivity contribution in [2.24, 2.45) is 5.92 Å². The molecule has 0 spiro atoms. The van der Waals surface area contributed by atoms with Gasteiger partial charge in [0.2, 0.25) is 18.6 Å². The van der Waals surface area contributed by atoms with E-state index in [2.05, 4.69) is 0 Å². The van der Waals surface area contributed by atoms with Gasteiger partial charge in [0, 0.05) is 12.5 Å². The Kier molecular flexibility index (Phi) is 3.63. The molecule has 1 saturated heterocycles. The molecule has 0 radical (unpaired) electrons. The molecular formula is C18H13F2NO4. The van der Waals surface area contributed by atoms with Crippen molar-refractivity contribution >= 4 is 17.5 Å². The predicted octanol–water partition coefficient (Wildman–Crippen LogP) is 2.82. The maximum Gasteiger partial charge on any atom is 0.237 e. The number of carbonyl (C=O) groups excluding carboxylic acids is 2. The first-order chi connectivity index (χ1) is 12.0. The van der Waals surface area contributed by atoms with Crippen molar-refractivity contribution < 1.29 is 27.8 Å². The van der Waals surface area contributed by atoms with Crippen LogP contribution in [0.2, 0.25) is 0 Å². The number of halogens is 2. The largest absolute Gasteiger partial charge is 0.454 e. The SMILES string of the molecule is O=C1CC(Cc2ccc(F)c(F)c2)C(=O)N1c1ccc2c(c1)OCO2. The zero-order chi connectivity index (χ0) is 17.6. The van der Waals surface area contributed by atoms with Crippen molar-refractivity contribution in [3.63, 3.8) is 0 Å². The van der Waals surface area contributed by atoms with E-state index in [1.807, 2.05) is 0 Å². The van der Waals surface area contributed by atoms with Gasteiger partial charge in [-0.3, -0.25) is 14.5 Å². The number of hydrogen-bond acceptors (Lipinski definition) is 4. The highest BCUT2D eigenvalue weighted by Gasteiger charge is 2.39. The Morgan fingerprint density at radius 3 is 2.60 bits per heavy atom. The number of fused-ring (bicyclic) bond motifs is 1. The summed E-state index contributed by atoms with van der Waals surface area (Å²) in [6, 6.07) is 8.32. The molecule has 2 aliphatic rings. The van der Waals surface area contributed by atoms with Crippen LogP contribution in [0.5, 0.6) is 11.5 Å². The zero-order valence-electron chi connectivity index (χ0n) is 13.0. The highest BCUT2D eigenvalue weighted by atomic mass is 19.2. The van der Waals surface area contributed by atoms with Gasteiger partial charge >= 0.3 is 0 Å². The number of benzene rings is 2. The molecule has 2 aromatic carbocycles. The van der Waals surface area contributed by atoms with Crippen LogP contribution in [-0.2, 0) is 16.0 Å². The van der Waals surface area contributed by atoms with Crippen LogP contribution in [0.1, 0.15) is 12.0 Å². The fourth-order valence-electron chi connectivity index (χ4n) is 3.10. The Bertz CT molecular complexity index is 883. The second kappa shape index (κ2) is 5.84. The topological polar surface area (TPSA) is 55.8 Å². The monoisotopic (exact) mass is 345 g/mol. The van der Waals surface area contributed by atoms with Gasteiger partial charge in [-0.05, 0) is 36.2 Å². The number of amides is 2. The van der Waals surface area contributed by atoms with E-state index in [9.17, 15) is 18.4 Å². The third-order valence-corrected chi connectivity index (χ3v) is 4.32. The summed E-state index contributed by atoms with van der Waals surface area (Å²) in [7, 11) is 0. The second-order valence-electron chi connectivity index (χ2n) is 5.96. The van der Waals surface area contributed by atoms with Gasteiger partial charge < -0.3 is 9.47 Å². The van der Waals surface area contributed by atoms with E-state index in [1.165, 1.54) is 6.07 Å². The van der Waals surface area contributed by atoms with Crippen LogP contribution in [0.4, 0.5) is 14.5 Å². The molecule has 0 N–H and O–H groups in total. The summed E-state index contributed by atoms with van der Waals surface area (Å²) in [5.74, 6) is -2.20. The van der Waals surface area contributed by atoms with Crippen LogP contribution < -0.4 is 14.4 Å². The summed E-state index contributed by atoms with van der Waals surface area (Å²) in [4.78, 5) is 26.0. The van der Waals surface area contributed by atoms with Gasteiger partial charge in [-0.1, -0.05) is 6.07 Å². The summed E-state index contributed by atoms with van der Waals surface area (Å²) in [6.07, 6.45) is 0.190. The van der Waals surface area contributed by atoms with Crippen LogP contribution in [0.15, 0.2) is 36.4 Å². The zero-order valence-corrected chi connectivity index (χ0v) is 13.0. The van der Waals surface area contributed by atoms with E-state index in [0.717, 1.165) is 17.0 Å². The molecule has 2 amide bonds. The first kappa shape index (κ1) is 15.6. The maximum absolute atomic E-state index is 13.3. The fraction of sp³-hybridized carbons (Fsp3) is 0.222. The third-order valence-electron chi connectivity index (χ3n) is 4.32. The Hall–Kier alpha value is -2.96. The van der Waals surface area contributed by atoms with Crippen LogP contribution >= 0.6 is 0 Å². The molecule has 128 valence electrons. The minimum absolute atomic E-state index is 0.0201. The molecule has 4 rings (SSSR count). The van der Waals surface area contributed by atoms with E-state index in [1.54, 1.807) is 18.2 Å². The molecule has 1 unspecified atom stereocenters. The molecule has 0 aliphatic carbocycles. The molecule has 25 heavy (non-hydrogen) atoms.